The number of rotatable bonds is 7. The first-order chi connectivity index (χ1) is 19.2. The van der Waals surface area contributed by atoms with Crippen LogP contribution in [-0.2, 0) is 9.53 Å². The number of allylic oxidation sites excluding steroid dienone is 1. The molecule has 1 aliphatic heterocycles. The van der Waals surface area contributed by atoms with Crippen molar-refractivity contribution in [2.75, 3.05) is 13.2 Å². The van der Waals surface area contributed by atoms with Crippen LogP contribution in [0.4, 0.5) is 0 Å². The highest BCUT2D eigenvalue weighted by molar-refractivity contribution is 7.07. The lowest BCUT2D eigenvalue weighted by Gasteiger charge is -2.24. The summed E-state index contributed by atoms with van der Waals surface area (Å²) in [6, 6.07) is 16.5. The molecule has 0 bridgehead atoms. The normalized spacial score (nSPS) is 15.2. The molecule has 40 heavy (non-hydrogen) atoms. The van der Waals surface area contributed by atoms with Crippen molar-refractivity contribution in [2.24, 2.45) is 4.99 Å². The Morgan fingerprint density at radius 2 is 1.75 bits per heavy atom. The third kappa shape index (κ3) is 5.05. The van der Waals surface area contributed by atoms with Gasteiger partial charge in [0.05, 0.1) is 35.1 Å². The van der Waals surface area contributed by atoms with Gasteiger partial charge in [-0.1, -0.05) is 35.1 Å². The number of thiazole rings is 1. The van der Waals surface area contributed by atoms with Crippen LogP contribution < -0.4 is 19.6 Å². The van der Waals surface area contributed by atoms with E-state index in [4.69, 9.17) is 21.1 Å². The molecule has 3 heterocycles. The molecule has 0 aliphatic carbocycles. The van der Waals surface area contributed by atoms with Crippen LogP contribution in [0.15, 0.2) is 75.7 Å². The number of ether oxygens (including phenoxy) is 2. The largest absolute Gasteiger partial charge is 0.494 e. The first kappa shape index (κ1) is 27.7. The maximum absolute atomic E-state index is 14.0. The zero-order valence-corrected chi connectivity index (χ0v) is 24.6. The van der Waals surface area contributed by atoms with Gasteiger partial charge in [-0.3, -0.25) is 9.36 Å². The number of hydrogen-bond donors (Lipinski definition) is 0. The van der Waals surface area contributed by atoms with Gasteiger partial charge in [0.2, 0.25) is 0 Å². The van der Waals surface area contributed by atoms with E-state index in [2.05, 4.69) is 15.6 Å². The van der Waals surface area contributed by atoms with Gasteiger partial charge in [0.25, 0.3) is 5.56 Å². The van der Waals surface area contributed by atoms with E-state index in [1.54, 1.807) is 18.4 Å². The summed E-state index contributed by atoms with van der Waals surface area (Å²) < 4.78 is 15.3. The second kappa shape index (κ2) is 11.3. The van der Waals surface area contributed by atoms with Crippen molar-refractivity contribution in [1.29, 1.82) is 0 Å². The Morgan fingerprint density at radius 1 is 1.05 bits per heavy atom. The van der Waals surface area contributed by atoms with Gasteiger partial charge in [-0.25, -0.2) is 9.79 Å². The number of aryl methyl sites for hydroxylation is 1. The van der Waals surface area contributed by atoms with E-state index >= 15 is 0 Å². The van der Waals surface area contributed by atoms with E-state index in [0.29, 0.717) is 38.0 Å². The Morgan fingerprint density at radius 3 is 2.40 bits per heavy atom. The molecule has 0 spiro atoms. The number of hydrogen-bond acceptors (Lipinski definition) is 6. The number of fused-ring (bicyclic) bond motifs is 1. The lowest BCUT2D eigenvalue weighted by atomic mass is 9.96. The summed E-state index contributed by atoms with van der Waals surface area (Å²) in [5, 5.41) is 0.673. The smallest absolute Gasteiger partial charge is 0.338 e. The SMILES string of the molecule is CCOC(=O)C1=C(C)N=c2sc(=Cc3cc(C)n(-c4ccc(Cl)cc4)c3C)c(=O)n2[C@@H]1c1ccc(OCC)cc1. The molecule has 0 radical (unpaired) electrons. The highest BCUT2D eigenvalue weighted by Crippen LogP contribution is 2.32. The maximum atomic E-state index is 14.0. The molecule has 0 saturated carbocycles. The average Bonchev–Trinajstić information content (AvgIpc) is 3.38. The fourth-order valence-corrected chi connectivity index (χ4v) is 6.25. The zero-order valence-electron chi connectivity index (χ0n) is 23.0. The molecule has 7 nitrogen and oxygen atoms in total. The van der Waals surface area contributed by atoms with Crippen molar-refractivity contribution >= 4 is 35.0 Å². The van der Waals surface area contributed by atoms with Crippen molar-refractivity contribution in [2.45, 2.75) is 40.7 Å². The van der Waals surface area contributed by atoms with E-state index in [9.17, 15) is 9.59 Å². The van der Waals surface area contributed by atoms with E-state index in [-0.39, 0.29) is 12.2 Å². The van der Waals surface area contributed by atoms with E-state index in [1.807, 2.05) is 75.4 Å². The van der Waals surface area contributed by atoms with Crippen molar-refractivity contribution in [3.05, 3.63) is 113 Å². The van der Waals surface area contributed by atoms with Crippen LogP contribution in [-0.4, -0.2) is 28.3 Å². The van der Waals surface area contributed by atoms with E-state index in [1.165, 1.54) is 11.3 Å². The average molecular weight is 576 g/mol. The Labute approximate surface area is 241 Å². The summed E-state index contributed by atoms with van der Waals surface area (Å²) in [5.41, 5.74) is 5.39. The lowest BCUT2D eigenvalue weighted by molar-refractivity contribution is -0.139. The first-order valence-electron chi connectivity index (χ1n) is 13.1. The summed E-state index contributed by atoms with van der Waals surface area (Å²) in [4.78, 5) is 32.3. The van der Waals surface area contributed by atoms with Gasteiger partial charge in [0.15, 0.2) is 4.80 Å². The highest BCUT2D eigenvalue weighted by Gasteiger charge is 2.33. The van der Waals surface area contributed by atoms with Crippen LogP contribution in [0.2, 0.25) is 5.02 Å². The molecule has 0 unspecified atom stereocenters. The Kier molecular flexibility index (Phi) is 7.83. The van der Waals surface area contributed by atoms with Crippen molar-refractivity contribution in [1.82, 2.24) is 9.13 Å². The van der Waals surface area contributed by atoms with Gasteiger partial charge in [-0.05, 0) is 94.3 Å². The Balaban J connectivity index is 1.66. The van der Waals surface area contributed by atoms with Crippen LogP contribution in [0.25, 0.3) is 11.8 Å². The van der Waals surface area contributed by atoms with Crippen molar-refractivity contribution in [3.63, 3.8) is 0 Å². The topological polar surface area (TPSA) is 74.8 Å². The maximum Gasteiger partial charge on any atom is 0.338 e. The lowest BCUT2D eigenvalue weighted by Crippen LogP contribution is -2.39. The second-order valence-corrected chi connectivity index (χ2v) is 10.9. The number of carbonyl (C=O) groups is 1. The second-order valence-electron chi connectivity index (χ2n) is 9.44. The summed E-state index contributed by atoms with van der Waals surface area (Å²) in [5.74, 6) is 0.233. The third-order valence-corrected chi connectivity index (χ3v) is 8.10. The number of aromatic nitrogens is 2. The molecule has 0 fully saturated rings. The summed E-state index contributed by atoms with van der Waals surface area (Å²) in [6.45, 7) is 10.3. The molecular formula is C31H30ClN3O4S. The van der Waals surface area contributed by atoms with E-state index < -0.39 is 12.0 Å². The summed E-state index contributed by atoms with van der Waals surface area (Å²) >= 11 is 7.40. The van der Waals surface area contributed by atoms with Gasteiger partial charge in [0.1, 0.15) is 5.75 Å². The molecule has 0 amide bonds. The van der Waals surface area contributed by atoms with Crippen LogP contribution in [0, 0.1) is 13.8 Å². The third-order valence-electron chi connectivity index (χ3n) is 6.87. The summed E-state index contributed by atoms with van der Waals surface area (Å²) in [7, 11) is 0. The Bertz CT molecular complexity index is 1790. The molecule has 2 aromatic heterocycles. The van der Waals surface area contributed by atoms with Gasteiger partial charge in [-0.15, -0.1) is 0 Å². The standard InChI is InChI=1S/C31H30ClN3O4S/c1-6-38-25-14-8-21(9-15-25)28-27(30(37)39-7-2)19(4)33-31-35(28)29(36)26(40-31)17-22-16-18(3)34(20(22)5)24-12-10-23(32)11-13-24/h8-17,28H,6-7H2,1-5H3/t28-/m1/s1. The molecule has 5 rings (SSSR count). The number of esters is 1. The molecule has 2 aromatic carbocycles. The van der Waals surface area contributed by atoms with Crippen LogP contribution in [0.1, 0.15) is 49.3 Å². The molecule has 206 valence electrons. The molecule has 1 aliphatic rings. The van der Waals surface area contributed by atoms with E-state index in [0.717, 1.165) is 28.2 Å². The molecule has 0 N–H and O–H groups in total. The van der Waals surface area contributed by atoms with Crippen LogP contribution >= 0.6 is 22.9 Å². The molecule has 0 saturated heterocycles. The van der Waals surface area contributed by atoms with Gasteiger partial charge >= 0.3 is 5.97 Å². The number of benzene rings is 2. The molecular weight excluding hydrogens is 546 g/mol. The minimum Gasteiger partial charge on any atom is -0.494 e. The predicted molar refractivity (Wildman–Crippen MR) is 158 cm³/mol. The quantitative estimate of drug-likeness (QED) is 0.282. The van der Waals surface area contributed by atoms with Crippen molar-refractivity contribution < 1.29 is 14.3 Å². The number of nitrogens with zero attached hydrogens (tertiary/aromatic N) is 3. The highest BCUT2D eigenvalue weighted by atomic mass is 35.5. The summed E-state index contributed by atoms with van der Waals surface area (Å²) in [6.07, 6.45) is 1.90. The molecule has 9 heteroatoms. The van der Waals surface area contributed by atoms with Gasteiger partial charge in [0, 0.05) is 22.1 Å². The minimum atomic E-state index is -0.672. The van der Waals surface area contributed by atoms with Crippen molar-refractivity contribution in [3.8, 4) is 11.4 Å². The zero-order chi connectivity index (χ0) is 28.6. The molecule has 1 atom stereocenters. The van der Waals surface area contributed by atoms with Crippen LogP contribution in [0.3, 0.4) is 0 Å². The fraction of sp³-hybridized carbons (Fsp3) is 0.258. The predicted octanol–water partition coefficient (Wildman–Crippen LogP) is 5.26. The monoisotopic (exact) mass is 575 g/mol. The minimum absolute atomic E-state index is 0.215. The number of carbonyl (C=O) groups excluding carboxylic acids is 1. The van der Waals surface area contributed by atoms with Gasteiger partial charge in [-0.2, -0.15) is 0 Å². The van der Waals surface area contributed by atoms with Gasteiger partial charge < -0.3 is 14.0 Å². The van der Waals surface area contributed by atoms with Crippen LogP contribution in [0.5, 0.6) is 5.75 Å². The first-order valence-corrected chi connectivity index (χ1v) is 14.3. The number of halogens is 1. The Hall–Kier alpha value is -3.88. The molecule has 4 aromatic rings. The fourth-order valence-electron chi connectivity index (χ4n) is 5.08.